The zero-order valence-electron chi connectivity index (χ0n) is 14.6. The van der Waals surface area contributed by atoms with Crippen LogP contribution < -0.4 is 5.32 Å². The fraction of sp³-hybridized carbons (Fsp3) is 0.688. The number of likely N-dealkylation sites (tertiary alicyclic amines) is 1. The molecule has 2 amide bonds. The predicted octanol–water partition coefficient (Wildman–Crippen LogP) is 2.25. The second kappa shape index (κ2) is 8.82. The lowest BCUT2D eigenvalue weighted by Gasteiger charge is -2.34. The first-order valence-electron chi connectivity index (χ1n) is 8.50. The van der Waals surface area contributed by atoms with Crippen molar-refractivity contribution in [1.29, 1.82) is 0 Å². The van der Waals surface area contributed by atoms with Gasteiger partial charge in [0.2, 0.25) is 0 Å². The van der Waals surface area contributed by atoms with Gasteiger partial charge < -0.3 is 15.0 Å². The molecule has 1 N–H and O–H groups in total. The van der Waals surface area contributed by atoms with Crippen molar-refractivity contribution in [2.75, 3.05) is 26.7 Å². The third-order valence-electron chi connectivity index (χ3n) is 4.42. The topological polar surface area (TPSA) is 74.8 Å². The van der Waals surface area contributed by atoms with Crippen molar-refractivity contribution in [2.24, 2.45) is 0 Å². The van der Waals surface area contributed by atoms with E-state index >= 15 is 0 Å². The first kappa shape index (κ1) is 19.9. The highest BCUT2D eigenvalue weighted by Crippen LogP contribution is 2.25. The van der Waals surface area contributed by atoms with Crippen molar-refractivity contribution in [3.8, 4) is 0 Å². The highest BCUT2D eigenvalue weighted by molar-refractivity contribution is 7.13. The lowest BCUT2D eigenvalue weighted by atomic mass is 10.1. The van der Waals surface area contributed by atoms with Gasteiger partial charge in [-0.05, 0) is 33.2 Å². The number of nitrogens with zero attached hydrogens (tertiary/aromatic N) is 3. The fourth-order valence-corrected chi connectivity index (χ4v) is 4.23. The van der Waals surface area contributed by atoms with Crippen LogP contribution in [0.5, 0.6) is 0 Å². The molecule has 1 atom stereocenters. The Hall–Kier alpha value is -1.38. The molecule has 0 bridgehead atoms. The van der Waals surface area contributed by atoms with Gasteiger partial charge in [0.05, 0.1) is 12.3 Å². The normalized spacial score (nSPS) is 20.4. The molecular weight excluding hydrogens is 364 g/mol. The molecule has 1 saturated heterocycles. The van der Waals surface area contributed by atoms with Gasteiger partial charge >= 0.3 is 6.09 Å². The number of nitrogens with one attached hydrogen (secondary N) is 1. The Morgan fingerprint density at radius 2 is 2.16 bits per heavy atom. The number of hydrogen-bond acceptors (Lipinski definition) is 6. The van der Waals surface area contributed by atoms with Crippen LogP contribution >= 0.6 is 23.7 Å². The minimum atomic E-state index is -0.359. The van der Waals surface area contributed by atoms with Crippen molar-refractivity contribution in [2.45, 2.75) is 45.3 Å². The maximum Gasteiger partial charge on any atom is 0.411 e. The summed E-state index contributed by atoms with van der Waals surface area (Å²) in [6.07, 6.45) is 2.88. The molecule has 0 aromatic carbocycles. The second-order valence-corrected chi connectivity index (χ2v) is 7.34. The number of fused-ring (bicyclic) bond motifs is 1. The Morgan fingerprint density at radius 1 is 1.36 bits per heavy atom. The zero-order valence-corrected chi connectivity index (χ0v) is 16.3. The zero-order chi connectivity index (χ0) is 17.1. The first-order chi connectivity index (χ1) is 11.6. The molecular formula is C16H25ClN4O3S. The summed E-state index contributed by atoms with van der Waals surface area (Å²) in [5, 5.41) is 3.46. The molecule has 7 nitrogen and oxygen atoms in total. The molecule has 9 heteroatoms. The van der Waals surface area contributed by atoms with Crippen LogP contribution in [0.1, 0.15) is 46.6 Å². The van der Waals surface area contributed by atoms with E-state index < -0.39 is 0 Å². The van der Waals surface area contributed by atoms with Gasteiger partial charge in [-0.15, -0.1) is 23.7 Å². The molecule has 2 aliphatic rings. The highest BCUT2D eigenvalue weighted by atomic mass is 35.5. The number of amides is 2. The van der Waals surface area contributed by atoms with Crippen LogP contribution in [0, 0.1) is 0 Å². The van der Waals surface area contributed by atoms with Gasteiger partial charge in [-0.3, -0.25) is 9.69 Å². The number of thiazole rings is 1. The van der Waals surface area contributed by atoms with Crippen LogP contribution in [-0.2, 0) is 17.7 Å². The molecule has 2 aliphatic heterocycles. The maximum atomic E-state index is 12.6. The van der Waals surface area contributed by atoms with E-state index in [1.165, 1.54) is 16.2 Å². The molecule has 3 heterocycles. The summed E-state index contributed by atoms with van der Waals surface area (Å²) in [5.41, 5.74) is 1.04. The Balaban J connectivity index is 0.00000225. The van der Waals surface area contributed by atoms with Gasteiger partial charge in [-0.2, -0.15) is 0 Å². The van der Waals surface area contributed by atoms with Crippen molar-refractivity contribution in [3.63, 3.8) is 0 Å². The largest absolute Gasteiger partial charge is 0.450 e. The number of carbonyl (C=O) groups is 2. The molecule has 0 aliphatic carbocycles. The van der Waals surface area contributed by atoms with Gasteiger partial charge in [0.15, 0.2) is 5.01 Å². The minimum Gasteiger partial charge on any atom is -0.450 e. The smallest absolute Gasteiger partial charge is 0.411 e. The van der Waals surface area contributed by atoms with Crippen LogP contribution in [0.4, 0.5) is 4.79 Å². The van der Waals surface area contributed by atoms with Gasteiger partial charge in [0.25, 0.3) is 5.91 Å². The second-order valence-electron chi connectivity index (χ2n) is 6.25. The van der Waals surface area contributed by atoms with Crippen molar-refractivity contribution in [3.05, 3.63) is 15.6 Å². The summed E-state index contributed by atoms with van der Waals surface area (Å²) in [5.74, 6) is -0.196. The first-order valence-corrected chi connectivity index (χ1v) is 9.31. The number of piperidine rings is 1. The maximum absolute atomic E-state index is 12.6. The predicted molar refractivity (Wildman–Crippen MR) is 98.2 cm³/mol. The van der Waals surface area contributed by atoms with Crippen LogP contribution in [0.3, 0.4) is 0 Å². The molecule has 0 radical (unpaired) electrons. The summed E-state index contributed by atoms with van der Waals surface area (Å²) in [6, 6.07) is 0. The molecule has 1 aromatic rings. The average molecular weight is 389 g/mol. The summed E-state index contributed by atoms with van der Waals surface area (Å²) in [4.78, 5) is 34.2. The van der Waals surface area contributed by atoms with Gasteiger partial charge in [0, 0.05) is 30.9 Å². The molecule has 1 unspecified atom stereocenters. The number of halogens is 1. The lowest BCUT2D eigenvalue weighted by molar-refractivity contribution is 0.0608. The Bertz CT molecular complexity index is 625. The number of rotatable bonds is 3. The SMILES string of the molecule is CCOC(=O)N1CCCCC1NC(=O)c1nc2c(s1)CN(C)CC2.Cl. The Morgan fingerprint density at radius 3 is 2.92 bits per heavy atom. The molecule has 0 spiro atoms. The average Bonchev–Trinajstić information content (AvgIpc) is 2.98. The number of aromatic nitrogens is 1. The van der Waals surface area contributed by atoms with E-state index in [1.54, 1.807) is 11.8 Å². The quantitative estimate of drug-likeness (QED) is 0.859. The summed E-state index contributed by atoms with van der Waals surface area (Å²) < 4.78 is 5.09. The van der Waals surface area contributed by atoms with E-state index in [4.69, 9.17) is 4.74 Å². The van der Waals surface area contributed by atoms with E-state index in [9.17, 15) is 9.59 Å². The van der Waals surface area contributed by atoms with E-state index in [0.717, 1.165) is 44.5 Å². The Kier molecular flexibility index (Phi) is 7.04. The van der Waals surface area contributed by atoms with Crippen LogP contribution in [0.25, 0.3) is 0 Å². The Labute approximate surface area is 158 Å². The monoisotopic (exact) mass is 388 g/mol. The molecule has 1 aromatic heterocycles. The van der Waals surface area contributed by atoms with Crippen molar-refractivity contribution < 1.29 is 14.3 Å². The van der Waals surface area contributed by atoms with Crippen molar-refractivity contribution in [1.82, 2.24) is 20.1 Å². The van der Waals surface area contributed by atoms with E-state index in [2.05, 4.69) is 22.2 Å². The number of ether oxygens (including phenoxy) is 1. The molecule has 3 rings (SSSR count). The third-order valence-corrected chi connectivity index (χ3v) is 5.50. The summed E-state index contributed by atoms with van der Waals surface area (Å²) >= 11 is 1.46. The van der Waals surface area contributed by atoms with E-state index in [1.807, 2.05) is 0 Å². The van der Waals surface area contributed by atoms with Crippen LogP contribution in [-0.4, -0.2) is 59.7 Å². The van der Waals surface area contributed by atoms with E-state index in [-0.39, 0.29) is 30.6 Å². The number of carbonyl (C=O) groups excluding carboxylic acids is 2. The highest BCUT2D eigenvalue weighted by Gasteiger charge is 2.30. The summed E-state index contributed by atoms with van der Waals surface area (Å²) in [6.45, 7) is 4.55. The van der Waals surface area contributed by atoms with Crippen LogP contribution in [0.2, 0.25) is 0 Å². The third kappa shape index (κ3) is 4.62. The molecule has 0 saturated carbocycles. The van der Waals surface area contributed by atoms with Gasteiger partial charge in [-0.25, -0.2) is 9.78 Å². The lowest BCUT2D eigenvalue weighted by Crippen LogP contribution is -2.53. The summed E-state index contributed by atoms with van der Waals surface area (Å²) in [7, 11) is 2.07. The number of hydrogen-bond donors (Lipinski definition) is 1. The van der Waals surface area contributed by atoms with Crippen molar-refractivity contribution >= 4 is 35.7 Å². The molecule has 25 heavy (non-hydrogen) atoms. The molecule has 1 fully saturated rings. The van der Waals surface area contributed by atoms with Gasteiger partial charge in [-0.1, -0.05) is 0 Å². The number of likely N-dealkylation sites (N-methyl/N-ethyl adjacent to an activating group) is 1. The minimum absolute atomic E-state index is 0. The van der Waals surface area contributed by atoms with Gasteiger partial charge in [0.1, 0.15) is 6.17 Å². The van der Waals surface area contributed by atoms with Crippen LogP contribution in [0.15, 0.2) is 0 Å². The molecule has 140 valence electrons. The van der Waals surface area contributed by atoms with E-state index in [0.29, 0.717) is 18.2 Å². The standard InChI is InChI=1S/C16H24N4O3S.ClH/c1-3-23-16(22)20-8-5-4-6-13(20)18-14(21)15-17-11-7-9-19(2)10-12(11)24-15;/h13H,3-10H2,1-2H3,(H,18,21);1H. The fourth-order valence-electron chi connectivity index (χ4n) is 3.14.